The van der Waals surface area contributed by atoms with E-state index in [1.165, 1.54) is 0 Å². The van der Waals surface area contributed by atoms with Gasteiger partial charge in [-0.3, -0.25) is 4.79 Å². The maximum atomic E-state index is 11.9. The van der Waals surface area contributed by atoms with E-state index in [4.69, 9.17) is 21.1 Å². The first-order chi connectivity index (χ1) is 11.5. The van der Waals surface area contributed by atoms with E-state index in [9.17, 15) is 9.59 Å². The van der Waals surface area contributed by atoms with E-state index in [2.05, 4.69) is 5.32 Å². The zero-order valence-corrected chi connectivity index (χ0v) is 14.2. The van der Waals surface area contributed by atoms with Gasteiger partial charge in [-0.05, 0) is 42.3 Å². The van der Waals surface area contributed by atoms with E-state index in [0.717, 1.165) is 11.1 Å². The molecule has 0 saturated heterocycles. The standard InChI is InChI=1S/C18H18ClNO4/c1-12-3-8-15(9-16(12)19)20-17(21)11-24-18(22)14-6-4-13(5-7-14)10-23-2/h3-9H,10-11H2,1-2H3,(H,20,21). The maximum absolute atomic E-state index is 11.9. The van der Waals surface area contributed by atoms with Crippen molar-refractivity contribution in [3.05, 3.63) is 64.2 Å². The fourth-order valence-electron chi connectivity index (χ4n) is 1.99. The highest BCUT2D eigenvalue weighted by Crippen LogP contribution is 2.19. The summed E-state index contributed by atoms with van der Waals surface area (Å²) in [6.45, 7) is 1.97. The summed E-state index contributed by atoms with van der Waals surface area (Å²) >= 11 is 5.99. The average Bonchev–Trinajstić information content (AvgIpc) is 2.57. The Morgan fingerprint density at radius 3 is 2.46 bits per heavy atom. The molecule has 2 rings (SSSR count). The molecule has 0 bridgehead atoms. The smallest absolute Gasteiger partial charge is 0.338 e. The van der Waals surface area contributed by atoms with Gasteiger partial charge in [0.2, 0.25) is 0 Å². The molecule has 1 amide bonds. The van der Waals surface area contributed by atoms with Crippen molar-refractivity contribution < 1.29 is 19.1 Å². The van der Waals surface area contributed by atoms with Crippen LogP contribution in [0.1, 0.15) is 21.5 Å². The number of hydrogen-bond acceptors (Lipinski definition) is 4. The molecule has 5 nitrogen and oxygen atoms in total. The molecule has 0 fully saturated rings. The lowest BCUT2D eigenvalue weighted by Gasteiger charge is -2.08. The largest absolute Gasteiger partial charge is 0.452 e. The quantitative estimate of drug-likeness (QED) is 0.811. The molecule has 0 aliphatic rings. The lowest BCUT2D eigenvalue weighted by molar-refractivity contribution is -0.119. The van der Waals surface area contributed by atoms with Crippen LogP contribution in [0.25, 0.3) is 0 Å². The molecule has 0 heterocycles. The first-order valence-electron chi connectivity index (χ1n) is 7.30. The molecule has 0 spiro atoms. The van der Waals surface area contributed by atoms with Crippen molar-refractivity contribution in [2.45, 2.75) is 13.5 Å². The number of hydrogen-bond donors (Lipinski definition) is 1. The lowest BCUT2D eigenvalue weighted by atomic mass is 10.1. The lowest BCUT2D eigenvalue weighted by Crippen LogP contribution is -2.21. The van der Waals surface area contributed by atoms with Gasteiger partial charge in [-0.2, -0.15) is 0 Å². The average molecular weight is 348 g/mol. The summed E-state index contributed by atoms with van der Waals surface area (Å²) in [5.41, 5.74) is 2.79. The molecule has 0 aliphatic carbocycles. The highest BCUT2D eigenvalue weighted by molar-refractivity contribution is 6.31. The number of nitrogens with one attached hydrogen (secondary N) is 1. The van der Waals surface area contributed by atoms with Crippen LogP contribution in [0.15, 0.2) is 42.5 Å². The van der Waals surface area contributed by atoms with Gasteiger partial charge < -0.3 is 14.8 Å². The maximum Gasteiger partial charge on any atom is 0.338 e. The highest BCUT2D eigenvalue weighted by atomic mass is 35.5. The van der Waals surface area contributed by atoms with Crippen LogP contribution in [0, 0.1) is 6.92 Å². The molecular weight excluding hydrogens is 330 g/mol. The van der Waals surface area contributed by atoms with Crippen molar-refractivity contribution in [1.29, 1.82) is 0 Å². The molecule has 2 aromatic rings. The first kappa shape index (κ1) is 18.0. The van der Waals surface area contributed by atoms with Gasteiger partial charge in [-0.15, -0.1) is 0 Å². The Morgan fingerprint density at radius 2 is 1.83 bits per heavy atom. The predicted molar refractivity (Wildman–Crippen MR) is 92.3 cm³/mol. The zero-order valence-electron chi connectivity index (χ0n) is 13.5. The van der Waals surface area contributed by atoms with Gasteiger partial charge in [0.05, 0.1) is 12.2 Å². The highest BCUT2D eigenvalue weighted by Gasteiger charge is 2.11. The summed E-state index contributed by atoms with van der Waals surface area (Å²) in [5, 5.41) is 3.18. The van der Waals surface area contributed by atoms with Crippen LogP contribution >= 0.6 is 11.6 Å². The number of halogens is 1. The third kappa shape index (κ3) is 5.08. The first-order valence-corrected chi connectivity index (χ1v) is 7.68. The Labute approximate surface area is 145 Å². The Bertz CT molecular complexity index is 728. The summed E-state index contributed by atoms with van der Waals surface area (Å²) in [6, 6.07) is 12.0. The van der Waals surface area contributed by atoms with E-state index >= 15 is 0 Å². The number of amides is 1. The van der Waals surface area contributed by atoms with Crippen LogP contribution in [0.2, 0.25) is 5.02 Å². The zero-order chi connectivity index (χ0) is 17.5. The summed E-state index contributed by atoms with van der Waals surface area (Å²) < 4.78 is 10.0. The summed E-state index contributed by atoms with van der Waals surface area (Å²) in [7, 11) is 1.60. The molecular formula is C18H18ClNO4. The monoisotopic (exact) mass is 347 g/mol. The number of esters is 1. The Balaban J connectivity index is 1.86. The van der Waals surface area contributed by atoms with E-state index in [0.29, 0.717) is 22.9 Å². The topological polar surface area (TPSA) is 64.6 Å². The third-order valence-corrected chi connectivity index (χ3v) is 3.70. The molecule has 24 heavy (non-hydrogen) atoms. The second-order valence-corrected chi connectivity index (χ2v) is 5.63. The van der Waals surface area contributed by atoms with Crippen LogP contribution in [0.3, 0.4) is 0 Å². The van der Waals surface area contributed by atoms with Gasteiger partial charge in [0.25, 0.3) is 5.91 Å². The number of anilines is 1. The normalized spacial score (nSPS) is 10.3. The van der Waals surface area contributed by atoms with Crippen LogP contribution in [-0.2, 0) is 20.9 Å². The molecule has 0 saturated carbocycles. The van der Waals surface area contributed by atoms with E-state index < -0.39 is 11.9 Å². The van der Waals surface area contributed by atoms with Gasteiger partial charge in [0.1, 0.15) is 0 Å². The molecule has 0 radical (unpaired) electrons. The van der Waals surface area contributed by atoms with E-state index in [1.807, 2.05) is 6.92 Å². The van der Waals surface area contributed by atoms with Gasteiger partial charge in [0.15, 0.2) is 6.61 Å². The number of carbonyl (C=O) groups is 2. The molecule has 0 atom stereocenters. The number of aryl methyl sites for hydroxylation is 1. The van der Waals surface area contributed by atoms with Crippen LogP contribution < -0.4 is 5.32 Å². The van der Waals surface area contributed by atoms with Crippen molar-refractivity contribution in [1.82, 2.24) is 0 Å². The van der Waals surface area contributed by atoms with Crippen molar-refractivity contribution in [3.63, 3.8) is 0 Å². The summed E-state index contributed by atoms with van der Waals surface area (Å²) in [6.07, 6.45) is 0. The summed E-state index contributed by atoms with van der Waals surface area (Å²) in [4.78, 5) is 23.8. The van der Waals surface area contributed by atoms with Gasteiger partial charge in [-0.25, -0.2) is 4.79 Å². The van der Waals surface area contributed by atoms with Crippen molar-refractivity contribution >= 4 is 29.2 Å². The van der Waals surface area contributed by atoms with Crippen molar-refractivity contribution in [2.75, 3.05) is 19.0 Å². The number of carbonyl (C=O) groups excluding carboxylic acids is 2. The minimum Gasteiger partial charge on any atom is -0.452 e. The minimum atomic E-state index is -0.559. The molecule has 0 aliphatic heterocycles. The minimum absolute atomic E-state index is 0.371. The number of ether oxygens (including phenoxy) is 2. The Morgan fingerprint density at radius 1 is 1.12 bits per heavy atom. The van der Waals surface area contributed by atoms with Gasteiger partial charge in [-0.1, -0.05) is 29.8 Å². The Kier molecular flexibility index (Phi) is 6.35. The molecule has 126 valence electrons. The Hall–Kier alpha value is -2.37. The van der Waals surface area contributed by atoms with Crippen LogP contribution in [0.5, 0.6) is 0 Å². The third-order valence-electron chi connectivity index (χ3n) is 3.29. The van der Waals surface area contributed by atoms with Crippen molar-refractivity contribution in [2.24, 2.45) is 0 Å². The predicted octanol–water partition coefficient (Wildman–Crippen LogP) is 3.59. The number of benzene rings is 2. The van der Waals surface area contributed by atoms with E-state index in [1.54, 1.807) is 49.6 Å². The SMILES string of the molecule is COCc1ccc(C(=O)OCC(=O)Nc2ccc(C)c(Cl)c2)cc1. The fraction of sp³-hybridized carbons (Fsp3) is 0.222. The summed E-state index contributed by atoms with van der Waals surface area (Å²) in [5.74, 6) is -0.990. The molecule has 2 aromatic carbocycles. The fourth-order valence-corrected chi connectivity index (χ4v) is 2.17. The molecule has 0 unspecified atom stereocenters. The van der Waals surface area contributed by atoms with Gasteiger partial charge >= 0.3 is 5.97 Å². The molecule has 1 N–H and O–H groups in total. The molecule has 0 aromatic heterocycles. The van der Waals surface area contributed by atoms with Gasteiger partial charge in [0, 0.05) is 17.8 Å². The second-order valence-electron chi connectivity index (χ2n) is 5.22. The van der Waals surface area contributed by atoms with Crippen LogP contribution in [-0.4, -0.2) is 25.6 Å². The number of rotatable bonds is 6. The molecule has 6 heteroatoms. The van der Waals surface area contributed by atoms with Crippen LogP contribution in [0.4, 0.5) is 5.69 Å². The number of methoxy groups -OCH3 is 1. The second kappa shape index (κ2) is 8.47. The van der Waals surface area contributed by atoms with E-state index in [-0.39, 0.29) is 6.61 Å². The van der Waals surface area contributed by atoms with Crippen molar-refractivity contribution in [3.8, 4) is 0 Å².